The average Bonchev–Trinajstić information content (AvgIpc) is 2.64. The summed E-state index contributed by atoms with van der Waals surface area (Å²) >= 11 is 0. The van der Waals surface area contributed by atoms with Crippen LogP contribution in [-0.2, 0) is 0 Å². The van der Waals surface area contributed by atoms with Crippen LogP contribution in [0.4, 0.5) is 0 Å². The first-order valence-corrected chi connectivity index (χ1v) is 5.14. The molecule has 0 saturated heterocycles. The summed E-state index contributed by atoms with van der Waals surface area (Å²) in [5.74, 6) is 0. The Morgan fingerprint density at radius 1 is 1.64 bits per heavy atom. The fourth-order valence-corrected chi connectivity index (χ4v) is 1.50. The van der Waals surface area contributed by atoms with Gasteiger partial charge in [0.2, 0.25) is 0 Å². The van der Waals surface area contributed by atoms with Gasteiger partial charge in [-0.1, -0.05) is 12.5 Å². The molecule has 1 rings (SSSR count). The molecule has 0 aliphatic heterocycles. The monoisotopic (exact) mass is 193 g/mol. The summed E-state index contributed by atoms with van der Waals surface area (Å²) in [6, 6.07) is 2.42. The molecule has 0 saturated carbocycles. The predicted molar refractivity (Wildman–Crippen MR) is 59.2 cm³/mol. The van der Waals surface area contributed by atoms with Crippen LogP contribution in [0, 0.1) is 0 Å². The molecule has 1 unspecified atom stereocenters. The van der Waals surface area contributed by atoms with Crippen LogP contribution in [0.25, 0.3) is 0 Å². The molecule has 0 aliphatic carbocycles. The smallest absolute Gasteiger partial charge is 0.0950 e. The Balaban J connectivity index is 2.51. The van der Waals surface area contributed by atoms with Gasteiger partial charge in [0.15, 0.2) is 0 Å². The highest BCUT2D eigenvalue weighted by molar-refractivity contribution is 5.12. The maximum atomic E-state index is 5.09. The van der Waals surface area contributed by atoms with Gasteiger partial charge in [0.25, 0.3) is 0 Å². The van der Waals surface area contributed by atoms with E-state index in [1.807, 2.05) is 12.3 Å². The Kier molecular flexibility index (Phi) is 4.47. The molecule has 0 spiro atoms. The second-order valence-corrected chi connectivity index (χ2v) is 3.66. The van der Waals surface area contributed by atoms with E-state index in [-0.39, 0.29) is 0 Å². The van der Waals surface area contributed by atoms with Gasteiger partial charge >= 0.3 is 0 Å². The SMILES string of the molecule is C=C(C)CCC(NCC)c1ccoc1. The first-order valence-electron chi connectivity index (χ1n) is 5.14. The number of furan rings is 1. The lowest BCUT2D eigenvalue weighted by Gasteiger charge is -2.15. The molecule has 1 aromatic rings. The lowest BCUT2D eigenvalue weighted by molar-refractivity contribution is 0.500. The minimum absolute atomic E-state index is 0.399. The molecule has 1 aromatic heterocycles. The first-order chi connectivity index (χ1) is 6.74. The van der Waals surface area contributed by atoms with Gasteiger partial charge in [0.05, 0.1) is 12.5 Å². The van der Waals surface area contributed by atoms with E-state index in [1.165, 1.54) is 11.1 Å². The van der Waals surface area contributed by atoms with Crippen LogP contribution < -0.4 is 5.32 Å². The van der Waals surface area contributed by atoms with Crippen LogP contribution in [0.2, 0.25) is 0 Å². The third-order valence-corrected chi connectivity index (χ3v) is 2.26. The van der Waals surface area contributed by atoms with Gasteiger partial charge in [-0.2, -0.15) is 0 Å². The molecule has 14 heavy (non-hydrogen) atoms. The van der Waals surface area contributed by atoms with E-state index in [0.29, 0.717) is 6.04 Å². The van der Waals surface area contributed by atoms with Gasteiger partial charge in [-0.15, -0.1) is 6.58 Å². The third kappa shape index (κ3) is 3.38. The summed E-state index contributed by atoms with van der Waals surface area (Å²) in [7, 11) is 0. The fraction of sp³-hybridized carbons (Fsp3) is 0.500. The average molecular weight is 193 g/mol. The van der Waals surface area contributed by atoms with Crippen molar-refractivity contribution in [1.82, 2.24) is 5.32 Å². The zero-order valence-electron chi connectivity index (χ0n) is 9.05. The Hall–Kier alpha value is -1.02. The lowest BCUT2D eigenvalue weighted by Crippen LogP contribution is -2.20. The molecule has 0 fully saturated rings. The minimum atomic E-state index is 0.399. The Morgan fingerprint density at radius 3 is 2.93 bits per heavy atom. The highest BCUT2D eigenvalue weighted by atomic mass is 16.3. The molecular weight excluding hydrogens is 174 g/mol. The zero-order valence-corrected chi connectivity index (χ0v) is 9.05. The van der Waals surface area contributed by atoms with E-state index in [0.717, 1.165) is 19.4 Å². The third-order valence-electron chi connectivity index (χ3n) is 2.26. The topological polar surface area (TPSA) is 25.2 Å². The molecule has 2 heteroatoms. The predicted octanol–water partition coefficient (Wildman–Crippen LogP) is 3.29. The van der Waals surface area contributed by atoms with Gasteiger partial charge in [0.1, 0.15) is 0 Å². The van der Waals surface area contributed by atoms with Crippen molar-refractivity contribution in [3.63, 3.8) is 0 Å². The summed E-state index contributed by atoms with van der Waals surface area (Å²) in [5.41, 5.74) is 2.46. The molecule has 1 atom stereocenters. The largest absolute Gasteiger partial charge is 0.472 e. The maximum absolute atomic E-state index is 5.09. The van der Waals surface area contributed by atoms with Crippen LogP contribution in [-0.4, -0.2) is 6.54 Å². The second-order valence-electron chi connectivity index (χ2n) is 3.66. The van der Waals surface area contributed by atoms with Crippen molar-refractivity contribution < 1.29 is 4.42 Å². The van der Waals surface area contributed by atoms with Crippen molar-refractivity contribution in [2.75, 3.05) is 6.54 Å². The van der Waals surface area contributed by atoms with Crippen molar-refractivity contribution in [3.05, 3.63) is 36.3 Å². The number of allylic oxidation sites excluding steroid dienone is 1. The number of nitrogens with one attached hydrogen (secondary N) is 1. The summed E-state index contributed by atoms with van der Waals surface area (Å²) in [4.78, 5) is 0. The van der Waals surface area contributed by atoms with E-state index >= 15 is 0 Å². The van der Waals surface area contributed by atoms with E-state index in [9.17, 15) is 0 Å². The number of hydrogen-bond acceptors (Lipinski definition) is 2. The van der Waals surface area contributed by atoms with Crippen molar-refractivity contribution >= 4 is 0 Å². The maximum Gasteiger partial charge on any atom is 0.0950 e. The van der Waals surface area contributed by atoms with Crippen LogP contribution in [0.15, 0.2) is 35.2 Å². The van der Waals surface area contributed by atoms with Crippen LogP contribution in [0.1, 0.15) is 38.3 Å². The summed E-state index contributed by atoms with van der Waals surface area (Å²) in [6.07, 6.45) is 5.68. The van der Waals surface area contributed by atoms with Gasteiger partial charge in [-0.3, -0.25) is 0 Å². The van der Waals surface area contributed by atoms with Gasteiger partial charge in [0, 0.05) is 11.6 Å². The Morgan fingerprint density at radius 2 is 2.43 bits per heavy atom. The molecule has 0 radical (unpaired) electrons. The molecule has 0 amide bonds. The van der Waals surface area contributed by atoms with Crippen LogP contribution in [0.3, 0.4) is 0 Å². The molecule has 2 nitrogen and oxygen atoms in total. The van der Waals surface area contributed by atoms with Gasteiger partial charge in [-0.05, 0) is 32.4 Å². The van der Waals surface area contributed by atoms with E-state index in [2.05, 4.69) is 25.7 Å². The molecule has 0 bridgehead atoms. The summed E-state index contributed by atoms with van der Waals surface area (Å²) < 4.78 is 5.09. The van der Waals surface area contributed by atoms with E-state index in [4.69, 9.17) is 4.42 Å². The number of hydrogen-bond donors (Lipinski definition) is 1. The normalized spacial score (nSPS) is 12.7. The zero-order chi connectivity index (χ0) is 10.4. The fourth-order valence-electron chi connectivity index (χ4n) is 1.50. The summed E-state index contributed by atoms with van der Waals surface area (Å²) in [5, 5.41) is 3.44. The van der Waals surface area contributed by atoms with Gasteiger partial charge < -0.3 is 9.73 Å². The molecule has 1 N–H and O–H groups in total. The first kappa shape index (κ1) is 11.1. The van der Waals surface area contributed by atoms with E-state index < -0.39 is 0 Å². The minimum Gasteiger partial charge on any atom is -0.472 e. The highest BCUT2D eigenvalue weighted by Crippen LogP contribution is 2.20. The van der Waals surface area contributed by atoms with Crippen molar-refractivity contribution in [2.45, 2.75) is 32.7 Å². The lowest BCUT2D eigenvalue weighted by atomic mass is 10.0. The highest BCUT2D eigenvalue weighted by Gasteiger charge is 2.10. The summed E-state index contributed by atoms with van der Waals surface area (Å²) in [6.45, 7) is 9.08. The van der Waals surface area contributed by atoms with Gasteiger partial charge in [-0.25, -0.2) is 0 Å². The van der Waals surface area contributed by atoms with Crippen molar-refractivity contribution in [3.8, 4) is 0 Å². The number of rotatable bonds is 6. The van der Waals surface area contributed by atoms with Crippen molar-refractivity contribution in [2.24, 2.45) is 0 Å². The standard InChI is InChI=1S/C12H19NO/c1-4-13-12(6-5-10(2)3)11-7-8-14-9-11/h7-9,12-13H,2,4-6H2,1,3H3. The van der Waals surface area contributed by atoms with Crippen LogP contribution >= 0.6 is 0 Å². The quantitative estimate of drug-likeness (QED) is 0.701. The Labute approximate surface area is 86.0 Å². The second kappa shape index (κ2) is 5.66. The molecule has 0 aromatic carbocycles. The Bertz CT molecular complexity index is 264. The van der Waals surface area contributed by atoms with Crippen molar-refractivity contribution in [1.29, 1.82) is 0 Å². The molecular formula is C12H19NO. The van der Waals surface area contributed by atoms with Crippen LogP contribution in [0.5, 0.6) is 0 Å². The molecule has 0 aliphatic rings. The van der Waals surface area contributed by atoms with E-state index in [1.54, 1.807) is 6.26 Å². The molecule has 78 valence electrons. The molecule has 1 heterocycles.